The van der Waals surface area contributed by atoms with Crippen molar-refractivity contribution in [3.63, 3.8) is 0 Å². The standard InChI is InChI=1S/C13H12N2O3/c1-2-12(16)18-11-6-4-10(5-7-11)15-13-14-8-3-9-17-13/h3-9H,2H2,1H3. The van der Waals surface area contributed by atoms with Crippen molar-refractivity contribution in [2.45, 2.75) is 13.3 Å². The van der Waals surface area contributed by atoms with Gasteiger partial charge in [0.2, 0.25) is 0 Å². The molecule has 1 aromatic heterocycles. The summed E-state index contributed by atoms with van der Waals surface area (Å²) in [7, 11) is 0. The van der Waals surface area contributed by atoms with Crippen LogP contribution < -0.4 is 10.4 Å². The SMILES string of the molecule is CCC(=O)Oc1ccc(N=c2nccco2)cc1. The molecule has 0 radical (unpaired) electrons. The normalized spacial score (nSPS) is 11.3. The first-order valence-corrected chi connectivity index (χ1v) is 5.53. The van der Waals surface area contributed by atoms with E-state index in [1.165, 1.54) is 6.26 Å². The van der Waals surface area contributed by atoms with Gasteiger partial charge in [-0.1, -0.05) is 6.92 Å². The largest absolute Gasteiger partial charge is 0.432 e. The Hall–Kier alpha value is -2.43. The molecular formula is C13H12N2O3. The van der Waals surface area contributed by atoms with Crippen LogP contribution in [0.3, 0.4) is 0 Å². The van der Waals surface area contributed by atoms with E-state index in [-0.39, 0.29) is 11.7 Å². The molecule has 5 nitrogen and oxygen atoms in total. The van der Waals surface area contributed by atoms with Gasteiger partial charge in [0, 0.05) is 12.6 Å². The Morgan fingerprint density at radius 2 is 2.17 bits per heavy atom. The number of carbonyl (C=O) groups excluding carboxylic acids is 1. The predicted molar refractivity (Wildman–Crippen MR) is 64.1 cm³/mol. The molecule has 0 amide bonds. The molecule has 0 spiro atoms. The number of aromatic nitrogens is 1. The maximum atomic E-state index is 11.1. The molecule has 0 aliphatic rings. The van der Waals surface area contributed by atoms with Crippen LogP contribution in [0.1, 0.15) is 13.3 Å². The molecule has 0 aliphatic carbocycles. The summed E-state index contributed by atoms with van der Waals surface area (Å²) in [5.41, 5.74) is 0.949. The van der Waals surface area contributed by atoms with E-state index in [2.05, 4.69) is 9.98 Å². The maximum absolute atomic E-state index is 11.1. The third-order valence-corrected chi connectivity index (χ3v) is 2.10. The fourth-order valence-corrected chi connectivity index (χ4v) is 1.23. The zero-order valence-electron chi connectivity index (χ0n) is 9.87. The van der Waals surface area contributed by atoms with Crippen molar-refractivity contribution in [1.29, 1.82) is 0 Å². The van der Waals surface area contributed by atoms with Crippen LogP contribution in [0.15, 0.2) is 52.2 Å². The van der Waals surface area contributed by atoms with Crippen molar-refractivity contribution in [3.05, 3.63) is 48.5 Å². The van der Waals surface area contributed by atoms with Gasteiger partial charge >= 0.3 is 11.7 Å². The lowest BCUT2D eigenvalue weighted by Gasteiger charge is -2.01. The quantitative estimate of drug-likeness (QED) is 0.613. The Morgan fingerprint density at radius 3 is 2.78 bits per heavy atom. The van der Waals surface area contributed by atoms with Gasteiger partial charge in [-0.05, 0) is 30.3 Å². The maximum Gasteiger partial charge on any atom is 0.321 e. The topological polar surface area (TPSA) is 64.7 Å². The van der Waals surface area contributed by atoms with Crippen molar-refractivity contribution in [1.82, 2.24) is 4.98 Å². The Balaban J connectivity index is 2.16. The van der Waals surface area contributed by atoms with E-state index in [0.29, 0.717) is 17.9 Å². The molecule has 1 aromatic carbocycles. The van der Waals surface area contributed by atoms with Gasteiger partial charge in [-0.2, -0.15) is 4.99 Å². The number of ether oxygens (including phenoxy) is 1. The van der Waals surface area contributed by atoms with Gasteiger partial charge in [0.25, 0.3) is 0 Å². The molecule has 1 heterocycles. The molecule has 5 heteroatoms. The molecule has 0 aliphatic heterocycles. The minimum absolute atomic E-state index is 0.264. The molecular weight excluding hydrogens is 232 g/mol. The fraction of sp³-hybridized carbons (Fsp3) is 0.154. The zero-order valence-corrected chi connectivity index (χ0v) is 9.87. The minimum atomic E-state index is -0.264. The number of hydrogen-bond acceptors (Lipinski definition) is 5. The lowest BCUT2D eigenvalue weighted by Crippen LogP contribution is -2.05. The molecule has 18 heavy (non-hydrogen) atoms. The number of hydrogen-bond donors (Lipinski definition) is 0. The van der Waals surface area contributed by atoms with Crippen LogP contribution in [0, 0.1) is 0 Å². The molecule has 0 atom stereocenters. The number of nitrogens with zero attached hydrogens (tertiary/aromatic N) is 2. The molecule has 0 saturated carbocycles. The summed E-state index contributed by atoms with van der Waals surface area (Å²) in [4.78, 5) is 19.2. The van der Waals surface area contributed by atoms with Crippen molar-refractivity contribution in [2.75, 3.05) is 0 Å². The van der Waals surface area contributed by atoms with Crippen LogP contribution in [-0.4, -0.2) is 11.0 Å². The molecule has 2 aromatic rings. The summed E-state index contributed by atoms with van der Waals surface area (Å²) in [5, 5.41) is 0. The van der Waals surface area contributed by atoms with Gasteiger partial charge in [0.15, 0.2) is 0 Å². The predicted octanol–water partition coefficient (Wildman–Crippen LogP) is 2.22. The Morgan fingerprint density at radius 1 is 1.39 bits per heavy atom. The van der Waals surface area contributed by atoms with Gasteiger partial charge in [-0.25, -0.2) is 4.98 Å². The van der Waals surface area contributed by atoms with Crippen molar-refractivity contribution in [3.8, 4) is 5.75 Å². The van der Waals surface area contributed by atoms with Gasteiger partial charge in [0.1, 0.15) is 5.75 Å². The smallest absolute Gasteiger partial charge is 0.321 e. The molecule has 0 saturated heterocycles. The van der Waals surface area contributed by atoms with Crippen molar-refractivity contribution in [2.24, 2.45) is 4.99 Å². The zero-order chi connectivity index (χ0) is 12.8. The van der Waals surface area contributed by atoms with Gasteiger partial charge < -0.3 is 9.15 Å². The van der Waals surface area contributed by atoms with E-state index in [1.54, 1.807) is 43.5 Å². The first-order chi connectivity index (χ1) is 8.78. The lowest BCUT2D eigenvalue weighted by molar-refractivity contribution is -0.134. The van der Waals surface area contributed by atoms with E-state index < -0.39 is 0 Å². The van der Waals surface area contributed by atoms with E-state index in [1.807, 2.05) is 0 Å². The average molecular weight is 244 g/mol. The monoisotopic (exact) mass is 244 g/mol. The van der Waals surface area contributed by atoms with Crippen LogP contribution in [0.4, 0.5) is 5.69 Å². The van der Waals surface area contributed by atoms with E-state index in [4.69, 9.17) is 9.15 Å². The molecule has 0 fully saturated rings. The highest BCUT2D eigenvalue weighted by molar-refractivity contribution is 5.72. The van der Waals surface area contributed by atoms with Crippen LogP contribution >= 0.6 is 0 Å². The fourth-order valence-electron chi connectivity index (χ4n) is 1.23. The Kier molecular flexibility index (Phi) is 3.86. The number of carbonyl (C=O) groups is 1. The lowest BCUT2D eigenvalue weighted by atomic mass is 10.3. The summed E-state index contributed by atoms with van der Waals surface area (Å²) in [6.45, 7) is 1.74. The third-order valence-electron chi connectivity index (χ3n) is 2.10. The van der Waals surface area contributed by atoms with Crippen LogP contribution in [0.2, 0.25) is 0 Å². The molecule has 0 N–H and O–H groups in total. The van der Waals surface area contributed by atoms with E-state index in [9.17, 15) is 4.79 Å². The van der Waals surface area contributed by atoms with Gasteiger partial charge in [0.05, 0.1) is 12.0 Å². The highest BCUT2D eigenvalue weighted by atomic mass is 16.5. The highest BCUT2D eigenvalue weighted by Crippen LogP contribution is 2.17. The summed E-state index contributed by atoms with van der Waals surface area (Å²) < 4.78 is 10.1. The number of benzene rings is 1. The Labute approximate surface area is 104 Å². The number of rotatable bonds is 3. The van der Waals surface area contributed by atoms with E-state index >= 15 is 0 Å². The molecule has 2 rings (SSSR count). The summed E-state index contributed by atoms with van der Waals surface area (Å²) >= 11 is 0. The van der Waals surface area contributed by atoms with Crippen LogP contribution in [0.25, 0.3) is 0 Å². The first-order valence-electron chi connectivity index (χ1n) is 5.53. The van der Waals surface area contributed by atoms with Crippen LogP contribution in [0.5, 0.6) is 5.75 Å². The molecule has 0 unspecified atom stereocenters. The second-order valence-corrected chi connectivity index (χ2v) is 3.44. The van der Waals surface area contributed by atoms with Gasteiger partial charge in [-0.15, -0.1) is 0 Å². The second-order valence-electron chi connectivity index (χ2n) is 3.44. The van der Waals surface area contributed by atoms with Crippen molar-refractivity contribution >= 4 is 11.7 Å². The van der Waals surface area contributed by atoms with E-state index in [0.717, 1.165) is 0 Å². The Bertz CT molecular complexity index is 570. The van der Waals surface area contributed by atoms with Gasteiger partial charge in [-0.3, -0.25) is 4.79 Å². The first kappa shape index (κ1) is 12.0. The summed E-state index contributed by atoms with van der Waals surface area (Å²) in [6.07, 6.45) is 3.45. The number of esters is 1. The average Bonchev–Trinajstić information content (AvgIpc) is 2.42. The summed E-state index contributed by atoms with van der Waals surface area (Å²) in [6, 6.07) is 8.47. The summed E-state index contributed by atoms with van der Waals surface area (Å²) in [5.74, 6) is 0.234. The molecule has 92 valence electrons. The van der Waals surface area contributed by atoms with Crippen molar-refractivity contribution < 1.29 is 13.9 Å². The minimum Gasteiger partial charge on any atom is -0.432 e. The highest BCUT2D eigenvalue weighted by Gasteiger charge is 2.00. The molecule has 0 bridgehead atoms. The van der Waals surface area contributed by atoms with Crippen LogP contribution in [-0.2, 0) is 4.79 Å². The second kappa shape index (κ2) is 5.77. The third kappa shape index (κ3) is 3.28.